The lowest BCUT2D eigenvalue weighted by molar-refractivity contribution is 0.0786. The molecule has 208 valence electrons. The summed E-state index contributed by atoms with van der Waals surface area (Å²) in [5.41, 5.74) is 10.6. The Morgan fingerprint density at radius 1 is 1.00 bits per heavy atom. The van der Waals surface area contributed by atoms with Crippen LogP contribution in [0.2, 0.25) is 0 Å². The van der Waals surface area contributed by atoms with Crippen LogP contribution in [0.5, 0.6) is 0 Å². The van der Waals surface area contributed by atoms with Crippen molar-refractivity contribution in [2.24, 2.45) is 11.7 Å². The standard InChI is InChI=1S/C31H35N5O3S/c1-20-8-14-24(15-9-20)40(38,39)35-17-16-26-30(35)33-19-27-28(21-10-12-23(13-11-21)31(2,3)37)34-29(36(26)27)25-7-5-4-6-22(25)18-32/h8-17,19,22,25,37H,4-7,18,32H2,1-3H3/t22-,25+/m0/s1. The van der Waals surface area contributed by atoms with Crippen molar-refractivity contribution >= 4 is 26.7 Å². The number of aromatic nitrogens is 4. The monoisotopic (exact) mass is 557 g/mol. The summed E-state index contributed by atoms with van der Waals surface area (Å²) >= 11 is 0. The number of benzene rings is 2. The van der Waals surface area contributed by atoms with E-state index in [1.165, 1.54) is 3.97 Å². The van der Waals surface area contributed by atoms with Crippen LogP contribution in [0.1, 0.15) is 62.4 Å². The second-order valence-corrected chi connectivity index (χ2v) is 13.3. The molecule has 40 heavy (non-hydrogen) atoms. The molecule has 3 heterocycles. The molecule has 1 fully saturated rings. The van der Waals surface area contributed by atoms with Crippen LogP contribution in [0.25, 0.3) is 27.9 Å². The maximum atomic E-state index is 13.6. The Morgan fingerprint density at radius 2 is 1.70 bits per heavy atom. The van der Waals surface area contributed by atoms with Crippen molar-refractivity contribution in [3.05, 3.63) is 83.9 Å². The maximum Gasteiger partial charge on any atom is 0.269 e. The Bertz CT molecular complexity index is 1800. The van der Waals surface area contributed by atoms with Crippen molar-refractivity contribution in [2.75, 3.05) is 6.54 Å². The summed E-state index contributed by atoms with van der Waals surface area (Å²) in [6.45, 7) is 6.03. The van der Waals surface area contributed by atoms with E-state index in [2.05, 4.69) is 9.38 Å². The summed E-state index contributed by atoms with van der Waals surface area (Å²) in [6.07, 6.45) is 7.57. The topological polar surface area (TPSA) is 116 Å². The Hall–Kier alpha value is -3.53. The van der Waals surface area contributed by atoms with E-state index >= 15 is 0 Å². The summed E-state index contributed by atoms with van der Waals surface area (Å²) in [5, 5.41) is 10.4. The van der Waals surface area contributed by atoms with Crippen LogP contribution in [0, 0.1) is 12.8 Å². The molecule has 1 saturated carbocycles. The normalized spacial score (nSPS) is 18.5. The summed E-state index contributed by atoms with van der Waals surface area (Å²) in [7, 11) is -3.85. The van der Waals surface area contributed by atoms with E-state index in [1.54, 1.807) is 50.5 Å². The van der Waals surface area contributed by atoms with Gasteiger partial charge in [-0.3, -0.25) is 4.40 Å². The largest absolute Gasteiger partial charge is 0.386 e. The molecule has 0 radical (unpaired) electrons. The molecule has 6 rings (SSSR count). The van der Waals surface area contributed by atoms with Gasteiger partial charge in [0.05, 0.1) is 33.4 Å². The first kappa shape index (κ1) is 26.7. The third-order valence-corrected chi connectivity index (χ3v) is 9.96. The molecule has 1 aliphatic carbocycles. The highest BCUT2D eigenvalue weighted by molar-refractivity contribution is 7.90. The first-order chi connectivity index (χ1) is 19.1. The third kappa shape index (κ3) is 4.42. The molecule has 0 bridgehead atoms. The fourth-order valence-corrected chi connectivity index (χ4v) is 7.28. The van der Waals surface area contributed by atoms with Gasteiger partial charge in [0.1, 0.15) is 5.82 Å². The SMILES string of the molecule is Cc1ccc(S(=O)(=O)n2ccc3c2ncc2c(-c4ccc(C(C)(C)O)cc4)nc([C@@H]4CCCC[C@H]4CN)n23)cc1. The minimum atomic E-state index is -3.85. The number of nitrogens with two attached hydrogens (primary N) is 1. The lowest BCUT2D eigenvalue weighted by Gasteiger charge is -2.29. The highest BCUT2D eigenvalue weighted by atomic mass is 32.2. The molecule has 5 aromatic rings. The van der Waals surface area contributed by atoms with E-state index in [0.717, 1.165) is 59.4 Å². The van der Waals surface area contributed by atoms with Gasteiger partial charge in [0.2, 0.25) is 0 Å². The quantitative estimate of drug-likeness (QED) is 0.291. The molecular weight excluding hydrogens is 522 g/mol. The van der Waals surface area contributed by atoms with Crippen LogP contribution >= 0.6 is 0 Å². The van der Waals surface area contributed by atoms with Crippen molar-refractivity contribution < 1.29 is 13.5 Å². The number of fused-ring (bicyclic) bond motifs is 3. The molecule has 9 heteroatoms. The third-order valence-electron chi connectivity index (χ3n) is 8.28. The van der Waals surface area contributed by atoms with Crippen LogP contribution in [0.3, 0.4) is 0 Å². The molecule has 0 aliphatic heterocycles. The summed E-state index contributed by atoms with van der Waals surface area (Å²) in [4.78, 5) is 10.1. The molecule has 2 atom stereocenters. The van der Waals surface area contributed by atoms with Gasteiger partial charge in [-0.2, -0.15) is 0 Å². The predicted octanol–water partition coefficient (Wildman–Crippen LogP) is 5.36. The van der Waals surface area contributed by atoms with Gasteiger partial charge < -0.3 is 10.8 Å². The van der Waals surface area contributed by atoms with Crippen molar-refractivity contribution in [2.45, 2.75) is 62.9 Å². The molecule has 0 unspecified atom stereocenters. The van der Waals surface area contributed by atoms with E-state index in [4.69, 9.17) is 10.7 Å². The highest BCUT2D eigenvalue weighted by Gasteiger charge is 2.32. The summed E-state index contributed by atoms with van der Waals surface area (Å²) in [5.74, 6) is 1.34. The molecule has 0 amide bonds. The number of hydrogen-bond donors (Lipinski definition) is 2. The van der Waals surface area contributed by atoms with Crippen molar-refractivity contribution in [1.29, 1.82) is 0 Å². The van der Waals surface area contributed by atoms with Crippen LogP contribution in [-0.2, 0) is 15.6 Å². The molecular formula is C31H35N5O3S. The Balaban J connectivity index is 1.58. The van der Waals surface area contributed by atoms with Crippen LogP contribution < -0.4 is 5.73 Å². The summed E-state index contributed by atoms with van der Waals surface area (Å²) < 4.78 is 30.6. The zero-order chi connectivity index (χ0) is 28.2. The zero-order valence-corrected chi connectivity index (χ0v) is 23.9. The van der Waals surface area contributed by atoms with E-state index in [0.29, 0.717) is 23.6 Å². The Kier molecular flexibility index (Phi) is 6.56. The second-order valence-electron chi connectivity index (χ2n) is 11.5. The lowest BCUT2D eigenvalue weighted by atomic mass is 9.79. The fourth-order valence-electron chi connectivity index (χ4n) is 5.98. The van der Waals surface area contributed by atoms with Gasteiger partial charge in [0.15, 0.2) is 5.65 Å². The number of rotatable bonds is 6. The summed E-state index contributed by atoms with van der Waals surface area (Å²) in [6, 6.07) is 16.4. The molecule has 8 nitrogen and oxygen atoms in total. The molecule has 2 aromatic carbocycles. The molecule has 1 aliphatic rings. The number of aliphatic hydroxyl groups is 1. The van der Waals surface area contributed by atoms with Crippen LogP contribution in [0.15, 0.2) is 71.9 Å². The van der Waals surface area contributed by atoms with E-state index in [9.17, 15) is 13.5 Å². The maximum absolute atomic E-state index is 13.6. The van der Waals surface area contributed by atoms with Gasteiger partial charge in [-0.1, -0.05) is 54.8 Å². The van der Waals surface area contributed by atoms with Gasteiger partial charge >= 0.3 is 0 Å². The van der Waals surface area contributed by atoms with E-state index in [1.807, 2.05) is 37.3 Å². The first-order valence-electron chi connectivity index (χ1n) is 13.8. The molecule has 0 saturated heterocycles. The second kappa shape index (κ2) is 9.83. The minimum Gasteiger partial charge on any atom is -0.386 e. The number of imidazole rings is 1. The minimum absolute atomic E-state index is 0.151. The van der Waals surface area contributed by atoms with Gasteiger partial charge in [-0.05, 0) is 69.8 Å². The number of hydrogen-bond acceptors (Lipinski definition) is 6. The average molecular weight is 558 g/mol. The molecule has 3 aromatic heterocycles. The number of nitrogens with zero attached hydrogens (tertiary/aromatic N) is 4. The van der Waals surface area contributed by atoms with Gasteiger partial charge in [0, 0.05) is 17.7 Å². The highest BCUT2D eigenvalue weighted by Crippen LogP contribution is 2.40. The predicted molar refractivity (Wildman–Crippen MR) is 157 cm³/mol. The van der Waals surface area contributed by atoms with Crippen molar-refractivity contribution in [3.63, 3.8) is 0 Å². The van der Waals surface area contributed by atoms with E-state index < -0.39 is 15.6 Å². The molecule has 3 N–H and O–H groups in total. The number of aryl methyl sites for hydroxylation is 1. The van der Waals surface area contributed by atoms with Crippen LogP contribution in [0.4, 0.5) is 0 Å². The van der Waals surface area contributed by atoms with Crippen LogP contribution in [-0.4, -0.2) is 38.4 Å². The molecule has 0 spiro atoms. The van der Waals surface area contributed by atoms with Gasteiger partial charge in [-0.25, -0.2) is 22.4 Å². The first-order valence-corrected chi connectivity index (χ1v) is 15.3. The zero-order valence-electron chi connectivity index (χ0n) is 23.1. The van der Waals surface area contributed by atoms with Gasteiger partial charge in [-0.15, -0.1) is 0 Å². The smallest absolute Gasteiger partial charge is 0.269 e. The Labute approximate surface area is 234 Å². The van der Waals surface area contributed by atoms with E-state index in [-0.39, 0.29) is 10.8 Å². The van der Waals surface area contributed by atoms with Gasteiger partial charge in [0.25, 0.3) is 10.0 Å². The lowest BCUT2D eigenvalue weighted by Crippen LogP contribution is -2.26. The fraction of sp³-hybridized carbons (Fsp3) is 0.355. The van der Waals surface area contributed by atoms with Crippen molar-refractivity contribution in [1.82, 2.24) is 18.3 Å². The Morgan fingerprint density at radius 3 is 2.38 bits per heavy atom. The van der Waals surface area contributed by atoms with Crippen molar-refractivity contribution in [3.8, 4) is 11.3 Å². The average Bonchev–Trinajstić information content (AvgIpc) is 3.55.